The van der Waals surface area contributed by atoms with Crippen molar-refractivity contribution in [3.63, 3.8) is 0 Å². The topological polar surface area (TPSA) is 133 Å². The van der Waals surface area contributed by atoms with Gasteiger partial charge in [-0.05, 0) is 24.3 Å². The number of carbonyl (C=O) groups is 2. The maximum absolute atomic E-state index is 12.4. The average Bonchev–Trinajstić information content (AvgIpc) is 3.17. The molecule has 0 spiro atoms. The standard InChI is InChI=1S/C23H27N7O5/c31-10-5-30-19(32)15-18(21(30)33)24-17-3-1-16(2-4-17)20-25-22(28-6-11-34-12-7-28)27-23(26-20)29-8-13-35-14-9-29/h1-4,15,24,31H,5-14H2. The molecule has 2 aromatic rings. The minimum atomic E-state index is -0.462. The maximum atomic E-state index is 12.4. The Balaban J connectivity index is 1.38. The van der Waals surface area contributed by atoms with E-state index in [2.05, 4.69) is 15.1 Å². The number of nitrogens with zero attached hydrogens (tertiary/aromatic N) is 6. The molecule has 0 bridgehead atoms. The number of anilines is 3. The number of benzene rings is 1. The molecule has 12 heteroatoms. The van der Waals surface area contributed by atoms with Crippen LogP contribution in [0.3, 0.4) is 0 Å². The predicted octanol–water partition coefficient (Wildman–Crippen LogP) is -0.131. The lowest BCUT2D eigenvalue weighted by Gasteiger charge is -2.30. The molecule has 0 aliphatic carbocycles. The molecular formula is C23H27N7O5. The molecule has 12 nitrogen and oxygen atoms in total. The van der Waals surface area contributed by atoms with Gasteiger partial charge in [0, 0.05) is 43.5 Å². The van der Waals surface area contributed by atoms with E-state index in [-0.39, 0.29) is 18.8 Å². The van der Waals surface area contributed by atoms with Crippen LogP contribution in [-0.4, -0.2) is 103 Å². The molecule has 0 unspecified atom stereocenters. The first-order valence-corrected chi connectivity index (χ1v) is 11.6. The van der Waals surface area contributed by atoms with Crippen molar-refractivity contribution < 1.29 is 24.2 Å². The zero-order chi connectivity index (χ0) is 24.2. The van der Waals surface area contributed by atoms with Crippen LogP contribution >= 0.6 is 0 Å². The van der Waals surface area contributed by atoms with Crippen LogP contribution < -0.4 is 15.1 Å². The van der Waals surface area contributed by atoms with Crippen molar-refractivity contribution in [3.8, 4) is 11.4 Å². The number of aromatic nitrogens is 3. The minimum Gasteiger partial charge on any atom is -0.395 e. The van der Waals surface area contributed by atoms with Gasteiger partial charge in [0.25, 0.3) is 11.8 Å². The number of hydrogen-bond donors (Lipinski definition) is 2. The third-order valence-corrected chi connectivity index (χ3v) is 5.95. The molecule has 1 aromatic heterocycles. The quantitative estimate of drug-likeness (QED) is 0.512. The lowest BCUT2D eigenvalue weighted by atomic mass is 10.2. The van der Waals surface area contributed by atoms with Gasteiger partial charge in [0.2, 0.25) is 11.9 Å². The summed E-state index contributed by atoms with van der Waals surface area (Å²) in [6, 6.07) is 7.32. The minimum absolute atomic E-state index is 0.0331. The van der Waals surface area contributed by atoms with Crippen molar-refractivity contribution in [1.82, 2.24) is 19.9 Å². The van der Waals surface area contributed by atoms with E-state index in [4.69, 9.17) is 29.5 Å². The zero-order valence-corrected chi connectivity index (χ0v) is 19.2. The van der Waals surface area contributed by atoms with E-state index >= 15 is 0 Å². The third kappa shape index (κ3) is 5.09. The van der Waals surface area contributed by atoms with Gasteiger partial charge in [-0.1, -0.05) is 0 Å². The Kier molecular flexibility index (Phi) is 6.84. The van der Waals surface area contributed by atoms with Crippen molar-refractivity contribution in [1.29, 1.82) is 0 Å². The van der Waals surface area contributed by atoms with E-state index in [1.165, 1.54) is 6.08 Å². The summed E-state index contributed by atoms with van der Waals surface area (Å²) in [7, 11) is 0. The van der Waals surface area contributed by atoms with Crippen LogP contribution in [-0.2, 0) is 19.1 Å². The normalized spacial score (nSPS) is 18.8. The molecule has 5 rings (SSSR count). The number of hydrogen-bond acceptors (Lipinski definition) is 11. The molecule has 0 atom stereocenters. The first-order chi connectivity index (χ1) is 17.1. The highest BCUT2D eigenvalue weighted by Crippen LogP contribution is 2.25. The second kappa shape index (κ2) is 10.3. The SMILES string of the molecule is O=C1C=C(Nc2ccc(-c3nc(N4CCOCC4)nc(N4CCOCC4)n3)cc2)C(=O)N1CCO. The highest BCUT2D eigenvalue weighted by molar-refractivity contribution is 6.17. The number of carbonyl (C=O) groups excluding carboxylic acids is 2. The summed E-state index contributed by atoms with van der Waals surface area (Å²) in [6.45, 7) is 5.04. The molecule has 0 radical (unpaired) electrons. The number of β-amino-alcohol motifs (C(OH)–C–C–N with tert-alkyl or cyclic N) is 1. The van der Waals surface area contributed by atoms with Crippen molar-refractivity contribution in [2.24, 2.45) is 0 Å². The van der Waals surface area contributed by atoms with Gasteiger partial charge in [0.15, 0.2) is 5.82 Å². The molecule has 4 heterocycles. The fourth-order valence-corrected chi connectivity index (χ4v) is 4.06. The largest absolute Gasteiger partial charge is 0.395 e. The first kappa shape index (κ1) is 23.1. The van der Waals surface area contributed by atoms with Crippen molar-refractivity contribution in [2.45, 2.75) is 0 Å². The number of rotatable bonds is 7. The molecule has 1 aromatic carbocycles. The van der Waals surface area contributed by atoms with Gasteiger partial charge in [-0.25, -0.2) is 0 Å². The molecular weight excluding hydrogens is 454 g/mol. The van der Waals surface area contributed by atoms with Crippen LogP contribution in [0.5, 0.6) is 0 Å². The Morgan fingerprint density at radius 2 is 1.43 bits per heavy atom. The summed E-state index contributed by atoms with van der Waals surface area (Å²) < 4.78 is 10.9. The van der Waals surface area contributed by atoms with E-state index in [1.54, 1.807) is 12.1 Å². The van der Waals surface area contributed by atoms with Gasteiger partial charge >= 0.3 is 0 Å². The number of amides is 2. The number of aliphatic hydroxyl groups excluding tert-OH is 1. The van der Waals surface area contributed by atoms with Crippen LogP contribution in [0.25, 0.3) is 11.4 Å². The van der Waals surface area contributed by atoms with Crippen molar-refractivity contribution >= 4 is 29.4 Å². The van der Waals surface area contributed by atoms with Gasteiger partial charge in [-0.15, -0.1) is 0 Å². The fourth-order valence-electron chi connectivity index (χ4n) is 4.06. The molecule has 35 heavy (non-hydrogen) atoms. The van der Waals surface area contributed by atoms with Gasteiger partial charge in [0.05, 0.1) is 39.6 Å². The number of aliphatic hydroxyl groups is 1. The van der Waals surface area contributed by atoms with Gasteiger partial charge in [0.1, 0.15) is 5.70 Å². The number of nitrogens with one attached hydrogen (secondary N) is 1. The fraction of sp³-hybridized carbons (Fsp3) is 0.435. The molecule has 3 aliphatic rings. The Hall–Kier alpha value is -3.61. The second-order valence-electron chi connectivity index (χ2n) is 8.24. The predicted molar refractivity (Wildman–Crippen MR) is 127 cm³/mol. The summed E-state index contributed by atoms with van der Waals surface area (Å²) in [4.78, 5) is 43.8. The maximum Gasteiger partial charge on any atom is 0.277 e. The summed E-state index contributed by atoms with van der Waals surface area (Å²) >= 11 is 0. The molecule has 3 aliphatic heterocycles. The van der Waals surface area contributed by atoms with E-state index in [9.17, 15) is 9.59 Å². The molecule has 2 N–H and O–H groups in total. The van der Waals surface area contributed by atoms with Crippen LogP contribution in [0, 0.1) is 0 Å². The lowest BCUT2D eigenvalue weighted by Crippen LogP contribution is -2.40. The summed E-state index contributed by atoms with van der Waals surface area (Å²) in [5.41, 5.74) is 1.61. The van der Waals surface area contributed by atoms with Crippen LogP contribution in [0.1, 0.15) is 0 Å². The van der Waals surface area contributed by atoms with Crippen molar-refractivity contribution in [2.75, 3.05) is 80.9 Å². The van der Waals surface area contributed by atoms with Crippen molar-refractivity contribution in [3.05, 3.63) is 36.0 Å². The number of imide groups is 1. The Morgan fingerprint density at radius 3 is 1.97 bits per heavy atom. The number of ether oxygens (including phenoxy) is 2. The van der Waals surface area contributed by atoms with Gasteiger partial charge in [-0.2, -0.15) is 15.0 Å². The van der Waals surface area contributed by atoms with Gasteiger partial charge in [-0.3, -0.25) is 14.5 Å². The number of morpholine rings is 2. The van der Waals surface area contributed by atoms with E-state index in [0.717, 1.165) is 10.5 Å². The summed E-state index contributed by atoms with van der Waals surface area (Å²) in [5, 5.41) is 12.0. The molecule has 0 saturated carbocycles. The smallest absolute Gasteiger partial charge is 0.277 e. The van der Waals surface area contributed by atoms with E-state index in [1.807, 2.05) is 12.1 Å². The molecule has 2 fully saturated rings. The Bertz CT molecular complexity index is 1080. The van der Waals surface area contributed by atoms with Crippen LogP contribution in [0.2, 0.25) is 0 Å². The summed E-state index contributed by atoms with van der Waals surface area (Å²) in [5.74, 6) is 0.878. The third-order valence-electron chi connectivity index (χ3n) is 5.95. The van der Waals surface area contributed by atoms with Gasteiger partial charge < -0.3 is 29.7 Å². The monoisotopic (exact) mass is 481 g/mol. The summed E-state index contributed by atoms with van der Waals surface area (Å²) in [6.07, 6.45) is 1.24. The highest BCUT2D eigenvalue weighted by atomic mass is 16.5. The first-order valence-electron chi connectivity index (χ1n) is 11.6. The van der Waals surface area contributed by atoms with E-state index < -0.39 is 11.8 Å². The van der Waals surface area contributed by atoms with Crippen LogP contribution in [0.4, 0.5) is 17.6 Å². The Morgan fingerprint density at radius 1 is 0.857 bits per heavy atom. The zero-order valence-electron chi connectivity index (χ0n) is 19.2. The lowest BCUT2D eigenvalue weighted by molar-refractivity contribution is -0.137. The van der Waals surface area contributed by atoms with E-state index in [0.29, 0.717) is 76.0 Å². The average molecular weight is 482 g/mol. The van der Waals surface area contributed by atoms with Crippen LogP contribution in [0.15, 0.2) is 36.0 Å². The highest BCUT2D eigenvalue weighted by Gasteiger charge is 2.30. The molecule has 2 saturated heterocycles. The molecule has 184 valence electrons. The Labute approximate surface area is 202 Å². The molecule has 2 amide bonds. The second-order valence-corrected chi connectivity index (χ2v) is 8.24.